The maximum Gasteiger partial charge on any atom is 0.157 e. The molecule has 0 spiro atoms. The van der Waals surface area contributed by atoms with E-state index in [2.05, 4.69) is 0 Å². The van der Waals surface area contributed by atoms with Crippen LogP contribution in [0.1, 0.15) is 74.7 Å². The summed E-state index contributed by atoms with van der Waals surface area (Å²) >= 11 is 0. The van der Waals surface area contributed by atoms with Gasteiger partial charge in [0.2, 0.25) is 0 Å². The zero-order chi connectivity index (χ0) is 43.2. The Labute approximate surface area is 345 Å². The van der Waals surface area contributed by atoms with Gasteiger partial charge in [0.25, 0.3) is 0 Å². The standard InChI is InChI=1S/C45H38O16/c46-20-4-6-22(28(51)14-20)34-36-43-24(16-33(56)40(59-43)17-1-8-25(48)30(53)11-17)44-37(45(36)61-42(39(34)58)19-3-10-27(50)32(55)13-19)35(23-7-5-21(47)15-29(23)52)38(57)41(60-44)18-2-9-26(49)31(54)12-18/h1-15,33-35,38-42,46-58H,16H2. The SMILES string of the molecule is Oc1ccc(C2c3c(c4c(c5c3OC(c3ccc(O)c(O)c3)C(O)C5c3ccc(O)cc3O)OC(c3ccc(O)c(O)c3)C(O)C4)OC(c3ccc(O)c(O)c3)C2O)c(O)c1. The van der Waals surface area contributed by atoms with Crippen LogP contribution in [0.15, 0.2) is 91.0 Å². The second-order valence-corrected chi connectivity index (χ2v) is 15.3. The monoisotopic (exact) mass is 834 g/mol. The Morgan fingerprint density at radius 1 is 0.377 bits per heavy atom. The number of ether oxygens (including phenoxy) is 3. The van der Waals surface area contributed by atoms with Crippen molar-refractivity contribution in [2.75, 3.05) is 0 Å². The van der Waals surface area contributed by atoms with E-state index < -0.39 is 94.5 Å². The molecule has 3 aliphatic heterocycles. The van der Waals surface area contributed by atoms with Gasteiger partial charge in [0.15, 0.2) is 46.7 Å². The Hall–Kier alpha value is -7.40. The quantitative estimate of drug-likeness (QED) is 0.101. The van der Waals surface area contributed by atoms with Gasteiger partial charge in [-0.1, -0.05) is 30.3 Å². The van der Waals surface area contributed by atoms with Gasteiger partial charge in [0, 0.05) is 58.2 Å². The molecule has 0 saturated heterocycles. The first-order valence-corrected chi connectivity index (χ1v) is 19.0. The third-order valence-electron chi connectivity index (χ3n) is 11.6. The number of hydrogen-bond donors (Lipinski definition) is 13. The summed E-state index contributed by atoms with van der Waals surface area (Å²) < 4.78 is 20.1. The molecular weight excluding hydrogens is 796 g/mol. The number of benzene rings is 6. The van der Waals surface area contributed by atoms with E-state index >= 15 is 0 Å². The van der Waals surface area contributed by atoms with E-state index in [-0.39, 0.29) is 79.7 Å². The van der Waals surface area contributed by atoms with Crippen molar-refractivity contribution in [1.82, 2.24) is 0 Å². The molecule has 0 radical (unpaired) electrons. The minimum Gasteiger partial charge on any atom is -0.508 e. The average Bonchev–Trinajstić information content (AvgIpc) is 3.21. The molecule has 0 fully saturated rings. The predicted octanol–water partition coefficient (Wildman–Crippen LogP) is 5.03. The molecule has 6 aromatic rings. The van der Waals surface area contributed by atoms with Crippen LogP contribution in [-0.2, 0) is 6.42 Å². The van der Waals surface area contributed by atoms with E-state index in [0.717, 1.165) is 18.2 Å². The minimum absolute atomic E-state index is 0.0392. The average molecular weight is 835 g/mol. The third-order valence-corrected chi connectivity index (χ3v) is 11.6. The van der Waals surface area contributed by atoms with Crippen LogP contribution in [0.25, 0.3) is 0 Å². The van der Waals surface area contributed by atoms with Crippen molar-refractivity contribution >= 4 is 0 Å². The summed E-state index contributed by atoms with van der Waals surface area (Å²) in [6.07, 6.45) is -9.06. The number of aliphatic hydroxyl groups is 3. The van der Waals surface area contributed by atoms with Crippen LogP contribution in [0, 0.1) is 0 Å². The predicted molar refractivity (Wildman–Crippen MR) is 211 cm³/mol. The molecule has 16 nitrogen and oxygen atoms in total. The normalized spacial score (nSPS) is 24.0. The van der Waals surface area contributed by atoms with Crippen molar-refractivity contribution in [3.8, 4) is 74.7 Å². The van der Waals surface area contributed by atoms with E-state index in [1.165, 1.54) is 72.8 Å². The fraction of sp³-hybridized carbons (Fsp3) is 0.200. The van der Waals surface area contributed by atoms with Gasteiger partial charge in [-0.3, -0.25) is 0 Å². The molecule has 0 aliphatic carbocycles. The second-order valence-electron chi connectivity index (χ2n) is 15.3. The lowest BCUT2D eigenvalue weighted by Crippen LogP contribution is -2.41. The lowest BCUT2D eigenvalue weighted by atomic mass is 9.72. The van der Waals surface area contributed by atoms with Crippen LogP contribution in [0.2, 0.25) is 0 Å². The maximum absolute atomic E-state index is 12.5. The Kier molecular flexibility index (Phi) is 9.23. The fourth-order valence-corrected chi connectivity index (χ4v) is 8.77. The highest BCUT2D eigenvalue weighted by Crippen LogP contribution is 2.63. The van der Waals surface area contributed by atoms with E-state index in [0.29, 0.717) is 0 Å². The van der Waals surface area contributed by atoms with E-state index in [4.69, 9.17) is 14.2 Å². The van der Waals surface area contributed by atoms with Crippen LogP contribution < -0.4 is 14.2 Å². The summed E-state index contributed by atoms with van der Waals surface area (Å²) in [6.45, 7) is 0. The van der Waals surface area contributed by atoms with E-state index in [9.17, 15) is 66.4 Å². The first-order valence-electron chi connectivity index (χ1n) is 19.0. The molecule has 9 rings (SSSR count). The Morgan fingerprint density at radius 2 is 0.754 bits per heavy atom. The highest BCUT2D eigenvalue weighted by molar-refractivity contribution is 5.72. The molecule has 13 N–H and O–H groups in total. The summed E-state index contributed by atoms with van der Waals surface area (Å²) in [4.78, 5) is 0. The largest absolute Gasteiger partial charge is 0.508 e. The van der Waals surface area contributed by atoms with Gasteiger partial charge in [-0.15, -0.1) is 0 Å². The van der Waals surface area contributed by atoms with Crippen molar-refractivity contribution in [3.63, 3.8) is 0 Å². The number of fused-ring (bicyclic) bond motifs is 6. The number of phenols is 10. The molecule has 16 heteroatoms. The van der Waals surface area contributed by atoms with Gasteiger partial charge in [-0.25, -0.2) is 0 Å². The lowest BCUT2D eigenvalue weighted by Gasteiger charge is -2.46. The molecule has 8 atom stereocenters. The molecule has 0 bridgehead atoms. The summed E-state index contributed by atoms with van der Waals surface area (Å²) in [5, 5.41) is 143. The van der Waals surface area contributed by atoms with E-state index in [1.54, 1.807) is 0 Å². The van der Waals surface area contributed by atoms with Gasteiger partial charge in [0.05, 0.1) is 6.10 Å². The zero-order valence-electron chi connectivity index (χ0n) is 31.5. The Bertz CT molecular complexity index is 2650. The molecule has 8 unspecified atom stereocenters. The summed E-state index contributed by atoms with van der Waals surface area (Å²) in [5.41, 5.74) is 0.842. The van der Waals surface area contributed by atoms with Crippen LogP contribution in [-0.4, -0.2) is 84.7 Å². The number of aromatic hydroxyl groups is 10. The van der Waals surface area contributed by atoms with Crippen molar-refractivity contribution in [3.05, 3.63) is 136 Å². The molecule has 0 amide bonds. The van der Waals surface area contributed by atoms with Gasteiger partial charge >= 0.3 is 0 Å². The van der Waals surface area contributed by atoms with Crippen LogP contribution >= 0.6 is 0 Å². The number of rotatable bonds is 5. The number of hydrogen-bond acceptors (Lipinski definition) is 16. The molecule has 314 valence electrons. The third kappa shape index (κ3) is 6.35. The fourth-order valence-electron chi connectivity index (χ4n) is 8.77. The smallest absolute Gasteiger partial charge is 0.157 e. The van der Waals surface area contributed by atoms with Crippen LogP contribution in [0.5, 0.6) is 74.7 Å². The van der Waals surface area contributed by atoms with Crippen molar-refractivity contribution in [2.45, 2.75) is 54.9 Å². The summed E-state index contributed by atoms with van der Waals surface area (Å²) in [6, 6.07) is 18.7. The Morgan fingerprint density at radius 3 is 1.15 bits per heavy atom. The second kappa shape index (κ2) is 14.4. The zero-order valence-corrected chi connectivity index (χ0v) is 31.5. The summed E-state index contributed by atoms with van der Waals surface area (Å²) in [7, 11) is 0. The van der Waals surface area contributed by atoms with Gasteiger partial charge in [-0.05, 0) is 65.2 Å². The highest BCUT2D eigenvalue weighted by atomic mass is 16.5. The molecule has 6 aromatic carbocycles. The first kappa shape index (κ1) is 39.1. The molecular formula is C45H38O16. The molecule has 3 aliphatic rings. The highest BCUT2D eigenvalue weighted by Gasteiger charge is 2.52. The first-order chi connectivity index (χ1) is 29.1. The van der Waals surface area contributed by atoms with Crippen LogP contribution in [0.3, 0.4) is 0 Å². The molecule has 61 heavy (non-hydrogen) atoms. The van der Waals surface area contributed by atoms with Gasteiger partial charge in [-0.2, -0.15) is 0 Å². The number of aliphatic hydroxyl groups excluding tert-OH is 3. The Balaban J connectivity index is 1.39. The van der Waals surface area contributed by atoms with Crippen molar-refractivity contribution in [1.29, 1.82) is 0 Å². The van der Waals surface area contributed by atoms with E-state index in [1.807, 2.05) is 0 Å². The molecule has 3 heterocycles. The molecule has 0 saturated carbocycles. The molecule has 0 aromatic heterocycles. The van der Waals surface area contributed by atoms with Crippen molar-refractivity contribution in [2.24, 2.45) is 0 Å². The summed E-state index contributed by atoms with van der Waals surface area (Å²) in [5.74, 6) is -7.46. The minimum atomic E-state index is -1.66. The van der Waals surface area contributed by atoms with Crippen molar-refractivity contribution < 1.29 is 80.6 Å². The van der Waals surface area contributed by atoms with Gasteiger partial charge in [0.1, 0.15) is 58.6 Å². The van der Waals surface area contributed by atoms with Gasteiger partial charge < -0.3 is 80.6 Å². The lowest BCUT2D eigenvalue weighted by molar-refractivity contribution is -0.0171. The topological polar surface area (TPSA) is 291 Å². The van der Waals surface area contributed by atoms with Crippen LogP contribution in [0.4, 0.5) is 0 Å². The maximum atomic E-state index is 12.5. The number of phenolic OH excluding ortho intramolecular Hbond substituents is 10.